The molecule has 0 spiro atoms. The highest BCUT2D eigenvalue weighted by atomic mass is 19.4. The Morgan fingerprint density at radius 2 is 1.88 bits per heavy atom. The second kappa shape index (κ2) is 4.29. The van der Waals surface area contributed by atoms with Gasteiger partial charge in [-0.25, -0.2) is 4.39 Å². The van der Waals surface area contributed by atoms with E-state index in [9.17, 15) is 17.6 Å². The Morgan fingerprint density at radius 1 is 1.25 bits per heavy atom. The fourth-order valence-electron chi connectivity index (χ4n) is 1.36. The highest BCUT2D eigenvalue weighted by Gasteiger charge is 2.56. The van der Waals surface area contributed by atoms with Gasteiger partial charge in [-0.15, -0.1) is 0 Å². The van der Waals surface area contributed by atoms with E-state index in [2.05, 4.69) is 5.32 Å². The molecule has 0 aliphatic rings. The van der Waals surface area contributed by atoms with E-state index in [0.717, 1.165) is 12.1 Å². The zero-order valence-electron chi connectivity index (χ0n) is 8.48. The van der Waals surface area contributed by atoms with Crippen molar-refractivity contribution >= 4 is 0 Å². The SMILES string of the molecule is CNCC(F)(c1cccc(O)c1)C(F)(F)F. The quantitative estimate of drug-likeness (QED) is 0.791. The van der Waals surface area contributed by atoms with E-state index in [1.807, 2.05) is 0 Å². The van der Waals surface area contributed by atoms with Gasteiger partial charge in [0.2, 0.25) is 5.67 Å². The number of nitrogens with one attached hydrogen (secondary N) is 1. The molecule has 0 saturated heterocycles. The zero-order chi connectivity index (χ0) is 12.4. The van der Waals surface area contributed by atoms with Gasteiger partial charge in [-0.1, -0.05) is 12.1 Å². The maximum Gasteiger partial charge on any atom is 0.428 e. The minimum Gasteiger partial charge on any atom is -0.508 e. The molecular formula is C10H11F4NO. The van der Waals surface area contributed by atoms with Crippen LogP contribution in [0.15, 0.2) is 24.3 Å². The van der Waals surface area contributed by atoms with Crippen molar-refractivity contribution in [3.8, 4) is 5.75 Å². The summed E-state index contributed by atoms with van der Waals surface area (Å²) in [6, 6.07) is 4.11. The molecule has 6 heteroatoms. The second-order valence-corrected chi connectivity index (χ2v) is 3.38. The number of rotatable bonds is 3. The van der Waals surface area contributed by atoms with Crippen LogP contribution in [0, 0.1) is 0 Å². The Balaban J connectivity index is 3.21. The first-order valence-electron chi connectivity index (χ1n) is 4.51. The number of alkyl halides is 4. The molecule has 1 atom stereocenters. The Bertz CT molecular complexity index is 366. The monoisotopic (exact) mass is 237 g/mol. The van der Waals surface area contributed by atoms with Crippen LogP contribution >= 0.6 is 0 Å². The first kappa shape index (κ1) is 12.8. The molecule has 0 aliphatic carbocycles. The van der Waals surface area contributed by atoms with Gasteiger partial charge >= 0.3 is 6.18 Å². The summed E-state index contributed by atoms with van der Waals surface area (Å²) in [5, 5.41) is 11.2. The summed E-state index contributed by atoms with van der Waals surface area (Å²) in [5.41, 5.74) is -4.12. The summed E-state index contributed by atoms with van der Waals surface area (Å²) in [6.45, 7) is -0.903. The second-order valence-electron chi connectivity index (χ2n) is 3.38. The summed E-state index contributed by atoms with van der Waals surface area (Å²) in [7, 11) is 1.23. The van der Waals surface area contributed by atoms with E-state index in [4.69, 9.17) is 5.11 Å². The van der Waals surface area contributed by atoms with Gasteiger partial charge in [0.05, 0.1) is 0 Å². The zero-order valence-corrected chi connectivity index (χ0v) is 8.48. The van der Waals surface area contributed by atoms with E-state index in [1.54, 1.807) is 0 Å². The van der Waals surface area contributed by atoms with Crippen LogP contribution in [-0.2, 0) is 5.67 Å². The maximum atomic E-state index is 13.9. The summed E-state index contributed by atoms with van der Waals surface area (Å²) in [6.07, 6.45) is -5.04. The highest BCUT2D eigenvalue weighted by Crippen LogP contribution is 2.42. The molecule has 0 heterocycles. The number of hydrogen-bond acceptors (Lipinski definition) is 2. The molecule has 0 aliphatic heterocycles. The molecule has 0 aromatic heterocycles. The first-order chi connectivity index (χ1) is 7.31. The molecule has 2 nitrogen and oxygen atoms in total. The Hall–Kier alpha value is -1.30. The molecule has 1 rings (SSSR count). The molecule has 2 N–H and O–H groups in total. The molecule has 0 radical (unpaired) electrons. The summed E-state index contributed by atoms with van der Waals surface area (Å²) in [5.74, 6) is -0.403. The standard InChI is InChI=1S/C10H11F4NO/c1-15-6-9(11,10(12,13)14)7-3-2-4-8(16)5-7/h2-5,15-16H,6H2,1H3. The number of likely N-dealkylation sites (N-methyl/N-ethyl adjacent to an activating group) is 1. The van der Waals surface area contributed by atoms with Crippen molar-refractivity contribution in [1.29, 1.82) is 0 Å². The largest absolute Gasteiger partial charge is 0.508 e. The summed E-state index contributed by atoms with van der Waals surface area (Å²) < 4.78 is 51.7. The van der Waals surface area contributed by atoms with Crippen LogP contribution in [0.5, 0.6) is 5.75 Å². The minimum atomic E-state index is -5.04. The van der Waals surface area contributed by atoms with E-state index in [-0.39, 0.29) is 0 Å². The minimum absolute atomic E-state index is 0.403. The van der Waals surface area contributed by atoms with Gasteiger partial charge in [0.1, 0.15) is 5.75 Å². The molecule has 1 aromatic carbocycles. The van der Waals surface area contributed by atoms with E-state index in [0.29, 0.717) is 0 Å². The Kier molecular flexibility index (Phi) is 3.42. The third-order valence-electron chi connectivity index (χ3n) is 2.17. The van der Waals surface area contributed by atoms with Crippen LogP contribution < -0.4 is 5.32 Å². The average Bonchev–Trinajstić information content (AvgIpc) is 2.16. The van der Waals surface area contributed by atoms with Crippen molar-refractivity contribution in [2.75, 3.05) is 13.6 Å². The molecule has 0 bridgehead atoms. The highest BCUT2D eigenvalue weighted by molar-refractivity contribution is 5.33. The van der Waals surface area contributed by atoms with E-state index in [1.165, 1.54) is 19.2 Å². The fourth-order valence-corrected chi connectivity index (χ4v) is 1.36. The Labute approximate surface area is 89.9 Å². The van der Waals surface area contributed by atoms with Gasteiger partial charge in [-0.2, -0.15) is 13.2 Å². The molecule has 1 unspecified atom stereocenters. The van der Waals surface area contributed by atoms with Crippen molar-refractivity contribution in [1.82, 2.24) is 5.32 Å². The number of benzene rings is 1. The number of halogens is 4. The van der Waals surface area contributed by atoms with Gasteiger partial charge in [0.15, 0.2) is 0 Å². The predicted molar refractivity (Wildman–Crippen MR) is 50.9 cm³/mol. The molecule has 90 valence electrons. The average molecular weight is 237 g/mol. The third kappa shape index (κ3) is 2.27. The van der Waals surface area contributed by atoms with Gasteiger partial charge in [0.25, 0.3) is 0 Å². The third-order valence-corrected chi connectivity index (χ3v) is 2.17. The number of hydrogen-bond donors (Lipinski definition) is 2. The molecule has 16 heavy (non-hydrogen) atoms. The van der Waals surface area contributed by atoms with Crippen molar-refractivity contribution in [2.45, 2.75) is 11.8 Å². The molecule has 1 aromatic rings. The normalized spacial score (nSPS) is 15.8. The van der Waals surface area contributed by atoms with Crippen molar-refractivity contribution in [2.24, 2.45) is 0 Å². The Morgan fingerprint density at radius 3 is 2.31 bits per heavy atom. The lowest BCUT2D eigenvalue weighted by molar-refractivity contribution is -0.233. The van der Waals surface area contributed by atoms with E-state index >= 15 is 0 Å². The van der Waals surface area contributed by atoms with Gasteiger partial charge in [-0.05, 0) is 19.2 Å². The van der Waals surface area contributed by atoms with Crippen molar-refractivity contribution < 1.29 is 22.7 Å². The van der Waals surface area contributed by atoms with Gasteiger partial charge < -0.3 is 10.4 Å². The van der Waals surface area contributed by atoms with Crippen LogP contribution in [0.25, 0.3) is 0 Å². The first-order valence-corrected chi connectivity index (χ1v) is 4.51. The number of phenols is 1. The molecule has 0 saturated carbocycles. The van der Waals surface area contributed by atoms with E-state index < -0.39 is 29.7 Å². The van der Waals surface area contributed by atoms with Crippen molar-refractivity contribution in [3.05, 3.63) is 29.8 Å². The number of aromatic hydroxyl groups is 1. The van der Waals surface area contributed by atoms with Crippen LogP contribution in [0.3, 0.4) is 0 Å². The lowest BCUT2D eigenvalue weighted by Gasteiger charge is -2.28. The summed E-state index contributed by atoms with van der Waals surface area (Å²) >= 11 is 0. The van der Waals surface area contributed by atoms with Gasteiger partial charge in [0, 0.05) is 12.1 Å². The number of phenolic OH excluding ortho intramolecular Hbond substituents is 1. The smallest absolute Gasteiger partial charge is 0.428 e. The predicted octanol–water partition coefficient (Wildman–Crippen LogP) is 2.34. The van der Waals surface area contributed by atoms with Crippen LogP contribution in [0.4, 0.5) is 17.6 Å². The van der Waals surface area contributed by atoms with Crippen LogP contribution in [-0.4, -0.2) is 24.9 Å². The maximum absolute atomic E-state index is 13.9. The topological polar surface area (TPSA) is 32.3 Å². The van der Waals surface area contributed by atoms with Crippen molar-refractivity contribution in [3.63, 3.8) is 0 Å². The molecular weight excluding hydrogens is 226 g/mol. The molecule has 0 amide bonds. The van der Waals surface area contributed by atoms with Crippen LogP contribution in [0.2, 0.25) is 0 Å². The molecule has 0 fully saturated rings. The van der Waals surface area contributed by atoms with Crippen LogP contribution in [0.1, 0.15) is 5.56 Å². The fraction of sp³-hybridized carbons (Fsp3) is 0.400. The summed E-state index contributed by atoms with van der Waals surface area (Å²) in [4.78, 5) is 0. The lowest BCUT2D eigenvalue weighted by atomic mass is 9.94. The van der Waals surface area contributed by atoms with Gasteiger partial charge in [-0.3, -0.25) is 0 Å². The lowest BCUT2D eigenvalue weighted by Crippen LogP contribution is -2.45.